The van der Waals surface area contributed by atoms with Crippen LogP contribution < -0.4 is 0 Å². The summed E-state index contributed by atoms with van der Waals surface area (Å²) in [6, 6.07) is 5.96. The molecule has 0 aliphatic rings. The molecule has 0 nitrogen and oxygen atoms in total. The van der Waals surface area contributed by atoms with Crippen LogP contribution >= 0.6 is 27.5 Å². The molecule has 1 rings (SSSR count). The highest BCUT2D eigenvalue weighted by Gasteiger charge is 1.97. The second-order valence-corrected chi connectivity index (χ2v) is 4.05. The van der Waals surface area contributed by atoms with Gasteiger partial charge in [0.2, 0.25) is 0 Å². The third-order valence-corrected chi connectivity index (χ3v) is 2.62. The van der Waals surface area contributed by atoms with Crippen molar-refractivity contribution in [2.75, 3.05) is 5.33 Å². The number of alkyl halides is 1. The minimum atomic E-state index is 0.825. The van der Waals surface area contributed by atoms with E-state index in [1.807, 2.05) is 12.1 Å². The van der Waals surface area contributed by atoms with Crippen molar-refractivity contribution in [3.63, 3.8) is 0 Å². The van der Waals surface area contributed by atoms with Crippen molar-refractivity contribution < 1.29 is 0 Å². The molecule has 0 saturated carbocycles. The van der Waals surface area contributed by atoms with E-state index in [0.29, 0.717) is 0 Å². The minimum absolute atomic E-state index is 0.825. The first-order valence-corrected chi connectivity index (χ1v) is 5.73. The normalized spacial score (nSPS) is 11.0. The summed E-state index contributed by atoms with van der Waals surface area (Å²) in [5.41, 5.74) is 2.35. The lowest BCUT2D eigenvalue weighted by Gasteiger charge is -2.01. The van der Waals surface area contributed by atoms with Gasteiger partial charge in [-0.05, 0) is 30.5 Å². The fraction of sp³-hybridized carbons (Fsp3) is 0.273. The largest absolute Gasteiger partial charge is 0.0925 e. The summed E-state index contributed by atoms with van der Waals surface area (Å²) in [5.74, 6) is 0. The zero-order valence-corrected chi connectivity index (χ0v) is 9.90. The Hall–Kier alpha value is -0.270. The van der Waals surface area contributed by atoms with Gasteiger partial charge in [0.05, 0.1) is 0 Å². The van der Waals surface area contributed by atoms with E-state index in [2.05, 4.69) is 41.1 Å². The lowest BCUT2D eigenvalue weighted by atomic mass is 10.1. The Bertz CT molecular complexity index is 285. The van der Waals surface area contributed by atoms with E-state index >= 15 is 0 Å². The molecule has 2 heteroatoms. The molecule has 0 aliphatic carbocycles. The Morgan fingerprint density at radius 2 is 2.23 bits per heavy atom. The van der Waals surface area contributed by atoms with Crippen LogP contribution in [-0.4, -0.2) is 5.33 Å². The van der Waals surface area contributed by atoms with Crippen LogP contribution in [0.4, 0.5) is 0 Å². The highest BCUT2D eigenvalue weighted by molar-refractivity contribution is 9.09. The topological polar surface area (TPSA) is 0 Å². The van der Waals surface area contributed by atoms with Crippen LogP contribution in [0.15, 0.2) is 24.3 Å². The molecular weight excluding hydrogens is 247 g/mol. The quantitative estimate of drug-likeness (QED) is 0.704. The van der Waals surface area contributed by atoms with Crippen LogP contribution in [-0.2, 0) is 0 Å². The fourth-order valence-corrected chi connectivity index (χ4v) is 1.67. The average molecular weight is 260 g/mol. The predicted molar refractivity (Wildman–Crippen MR) is 63.6 cm³/mol. The summed E-state index contributed by atoms with van der Waals surface area (Å²) >= 11 is 9.42. The molecule has 1 aromatic rings. The van der Waals surface area contributed by atoms with Crippen molar-refractivity contribution in [2.24, 2.45) is 0 Å². The predicted octanol–water partition coefficient (Wildman–Crippen LogP) is 4.45. The van der Waals surface area contributed by atoms with Gasteiger partial charge in [0.15, 0.2) is 0 Å². The Labute approximate surface area is 92.7 Å². The lowest BCUT2D eigenvalue weighted by molar-refractivity contribution is 1.27. The monoisotopic (exact) mass is 258 g/mol. The SMILES string of the molecule is Cc1cccc(Cl)c1C=CCCBr. The molecule has 0 spiro atoms. The summed E-state index contributed by atoms with van der Waals surface area (Å²) < 4.78 is 0. The van der Waals surface area contributed by atoms with Crippen LogP contribution in [0.1, 0.15) is 17.5 Å². The van der Waals surface area contributed by atoms with Crippen molar-refractivity contribution in [3.05, 3.63) is 40.4 Å². The maximum absolute atomic E-state index is 6.05. The molecular formula is C11H12BrCl. The molecule has 0 radical (unpaired) electrons. The molecule has 13 heavy (non-hydrogen) atoms. The second-order valence-electron chi connectivity index (χ2n) is 2.85. The molecule has 0 N–H and O–H groups in total. The van der Waals surface area contributed by atoms with Gasteiger partial charge in [0.1, 0.15) is 0 Å². The van der Waals surface area contributed by atoms with Gasteiger partial charge in [-0.1, -0.05) is 51.8 Å². The Morgan fingerprint density at radius 1 is 1.46 bits per heavy atom. The van der Waals surface area contributed by atoms with Gasteiger partial charge in [-0.3, -0.25) is 0 Å². The van der Waals surface area contributed by atoms with Gasteiger partial charge in [0.25, 0.3) is 0 Å². The average Bonchev–Trinajstić information content (AvgIpc) is 2.10. The van der Waals surface area contributed by atoms with E-state index < -0.39 is 0 Å². The molecule has 0 saturated heterocycles. The maximum atomic E-state index is 6.05. The highest BCUT2D eigenvalue weighted by Crippen LogP contribution is 2.20. The van der Waals surface area contributed by atoms with E-state index in [0.717, 1.165) is 22.3 Å². The van der Waals surface area contributed by atoms with Crippen molar-refractivity contribution in [3.8, 4) is 0 Å². The smallest absolute Gasteiger partial charge is 0.0480 e. The Kier molecular flexibility index (Phi) is 4.54. The molecule has 0 heterocycles. The molecule has 0 fully saturated rings. The standard InChI is InChI=1S/C11H12BrCl/c1-9-5-4-7-11(13)10(9)6-2-3-8-12/h2,4-7H,3,8H2,1H3. The second kappa shape index (κ2) is 5.46. The fourth-order valence-electron chi connectivity index (χ4n) is 1.12. The van der Waals surface area contributed by atoms with Crippen molar-refractivity contribution >= 4 is 33.6 Å². The Balaban J connectivity index is 2.87. The van der Waals surface area contributed by atoms with Crippen LogP contribution in [0.3, 0.4) is 0 Å². The Morgan fingerprint density at radius 3 is 2.85 bits per heavy atom. The summed E-state index contributed by atoms with van der Waals surface area (Å²) in [7, 11) is 0. The van der Waals surface area contributed by atoms with E-state index in [1.165, 1.54) is 5.56 Å². The van der Waals surface area contributed by atoms with Crippen LogP contribution in [0.25, 0.3) is 6.08 Å². The lowest BCUT2D eigenvalue weighted by Crippen LogP contribution is -1.81. The number of benzene rings is 1. The van der Waals surface area contributed by atoms with Gasteiger partial charge in [0, 0.05) is 10.4 Å². The summed E-state index contributed by atoms with van der Waals surface area (Å²) in [6.07, 6.45) is 5.24. The molecule has 0 bridgehead atoms. The van der Waals surface area contributed by atoms with Crippen molar-refractivity contribution in [1.29, 1.82) is 0 Å². The minimum Gasteiger partial charge on any atom is -0.0925 e. The first-order chi connectivity index (χ1) is 6.25. The zero-order valence-electron chi connectivity index (χ0n) is 7.56. The zero-order chi connectivity index (χ0) is 9.68. The molecule has 0 unspecified atom stereocenters. The van der Waals surface area contributed by atoms with Crippen LogP contribution in [0.2, 0.25) is 5.02 Å². The molecule has 1 aromatic carbocycles. The number of hydrogen-bond donors (Lipinski definition) is 0. The third kappa shape index (κ3) is 3.17. The van der Waals surface area contributed by atoms with E-state index in [4.69, 9.17) is 11.6 Å². The number of hydrogen-bond acceptors (Lipinski definition) is 0. The van der Waals surface area contributed by atoms with Crippen LogP contribution in [0, 0.1) is 6.92 Å². The van der Waals surface area contributed by atoms with E-state index in [-0.39, 0.29) is 0 Å². The summed E-state index contributed by atoms with van der Waals surface area (Å²) in [4.78, 5) is 0. The number of halogens is 2. The van der Waals surface area contributed by atoms with Gasteiger partial charge in [-0.2, -0.15) is 0 Å². The number of rotatable bonds is 3. The highest BCUT2D eigenvalue weighted by atomic mass is 79.9. The van der Waals surface area contributed by atoms with Gasteiger partial charge in [-0.15, -0.1) is 0 Å². The van der Waals surface area contributed by atoms with Gasteiger partial charge >= 0.3 is 0 Å². The molecule has 0 amide bonds. The summed E-state index contributed by atoms with van der Waals surface area (Å²) in [6.45, 7) is 2.07. The first kappa shape index (κ1) is 10.8. The number of aryl methyl sites for hydroxylation is 1. The number of allylic oxidation sites excluding steroid dienone is 1. The van der Waals surface area contributed by atoms with Gasteiger partial charge in [-0.25, -0.2) is 0 Å². The van der Waals surface area contributed by atoms with E-state index in [9.17, 15) is 0 Å². The van der Waals surface area contributed by atoms with Crippen molar-refractivity contribution in [2.45, 2.75) is 13.3 Å². The van der Waals surface area contributed by atoms with Gasteiger partial charge < -0.3 is 0 Å². The molecule has 0 aliphatic heterocycles. The molecule has 0 atom stereocenters. The molecule has 70 valence electrons. The van der Waals surface area contributed by atoms with Crippen molar-refractivity contribution in [1.82, 2.24) is 0 Å². The first-order valence-electron chi connectivity index (χ1n) is 4.23. The van der Waals surface area contributed by atoms with Crippen LogP contribution in [0.5, 0.6) is 0 Å². The maximum Gasteiger partial charge on any atom is 0.0480 e. The summed E-state index contributed by atoms with van der Waals surface area (Å²) in [5, 5.41) is 1.82. The van der Waals surface area contributed by atoms with E-state index in [1.54, 1.807) is 0 Å². The third-order valence-electron chi connectivity index (χ3n) is 1.83. The molecule has 0 aromatic heterocycles.